The summed E-state index contributed by atoms with van der Waals surface area (Å²) in [5, 5.41) is 11.7. The van der Waals surface area contributed by atoms with Crippen LogP contribution < -0.4 is 16.4 Å². The van der Waals surface area contributed by atoms with E-state index < -0.39 is 5.82 Å². The van der Waals surface area contributed by atoms with Crippen molar-refractivity contribution in [2.45, 2.75) is 25.3 Å². The van der Waals surface area contributed by atoms with Gasteiger partial charge in [0.2, 0.25) is 5.95 Å². The molecule has 1 aliphatic heterocycles. The number of piperidine rings is 1. The SMILES string of the molecule is Cn1c(=O)c2cnc(NC3CCN(C(=O)c4cc(Cc5n[nH]c(=O)c6ccccc56)ccc4F)CC3)nc2n1-c1ccccn1. The molecule has 1 amide bonds. The lowest BCUT2D eigenvalue weighted by Crippen LogP contribution is -2.42. The summed E-state index contributed by atoms with van der Waals surface area (Å²) in [5.41, 5.74) is 1.27. The van der Waals surface area contributed by atoms with E-state index in [0.29, 0.717) is 77.2 Å². The number of anilines is 1. The smallest absolute Gasteiger partial charge is 0.277 e. The van der Waals surface area contributed by atoms with Gasteiger partial charge in [-0.05, 0) is 48.7 Å². The number of carbonyl (C=O) groups excluding carboxylic acids is 1. The van der Waals surface area contributed by atoms with Gasteiger partial charge >= 0.3 is 0 Å². The van der Waals surface area contributed by atoms with Gasteiger partial charge in [-0.1, -0.05) is 30.3 Å². The Balaban J connectivity index is 1.05. The molecule has 6 aromatic rings. The van der Waals surface area contributed by atoms with E-state index in [9.17, 15) is 18.8 Å². The maximum atomic E-state index is 14.9. The quantitative estimate of drug-likeness (QED) is 0.295. The van der Waals surface area contributed by atoms with Gasteiger partial charge < -0.3 is 10.2 Å². The Bertz CT molecular complexity index is 2180. The molecule has 0 radical (unpaired) electrons. The van der Waals surface area contributed by atoms with Crippen LogP contribution in [0.5, 0.6) is 0 Å². The molecule has 13 heteroatoms. The van der Waals surface area contributed by atoms with Gasteiger partial charge in [0, 0.05) is 50.4 Å². The molecular weight excluding hydrogens is 577 g/mol. The molecule has 0 saturated carbocycles. The zero-order valence-electron chi connectivity index (χ0n) is 24.3. The number of aromatic nitrogens is 7. The maximum absolute atomic E-state index is 14.9. The second-order valence-electron chi connectivity index (χ2n) is 11.0. The van der Waals surface area contributed by atoms with E-state index in [1.165, 1.54) is 16.9 Å². The van der Waals surface area contributed by atoms with E-state index in [0.717, 1.165) is 0 Å². The van der Waals surface area contributed by atoms with Crippen LogP contribution in [0, 0.1) is 5.82 Å². The van der Waals surface area contributed by atoms with Crippen LogP contribution in [0.1, 0.15) is 34.5 Å². The highest BCUT2D eigenvalue weighted by atomic mass is 19.1. The fourth-order valence-corrected chi connectivity index (χ4v) is 5.83. The van der Waals surface area contributed by atoms with Gasteiger partial charge in [0.1, 0.15) is 11.2 Å². The molecule has 4 aromatic heterocycles. The number of hydrogen-bond acceptors (Lipinski definition) is 8. The van der Waals surface area contributed by atoms with Gasteiger partial charge in [-0.2, -0.15) is 10.1 Å². The lowest BCUT2D eigenvalue weighted by Gasteiger charge is -2.32. The van der Waals surface area contributed by atoms with Gasteiger partial charge in [0.15, 0.2) is 11.5 Å². The molecule has 0 aliphatic carbocycles. The van der Waals surface area contributed by atoms with Crippen LogP contribution in [0.3, 0.4) is 0 Å². The van der Waals surface area contributed by atoms with Crippen molar-refractivity contribution in [3.05, 3.63) is 116 Å². The van der Waals surface area contributed by atoms with Crippen LogP contribution >= 0.6 is 0 Å². The van der Waals surface area contributed by atoms with Crippen LogP contribution in [0.2, 0.25) is 0 Å². The van der Waals surface area contributed by atoms with E-state index in [-0.39, 0.29) is 28.6 Å². The van der Waals surface area contributed by atoms with Crippen LogP contribution in [-0.2, 0) is 13.5 Å². The Kier molecular flexibility index (Phi) is 7.12. The van der Waals surface area contributed by atoms with E-state index in [4.69, 9.17) is 0 Å². The van der Waals surface area contributed by atoms with E-state index in [1.54, 1.807) is 59.2 Å². The van der Waals surface area contributed by atoms with Crippen LogP contribution in [-0.4, -0.2) is 64.5 Å². The topological polar surface area (TPSA) is 144 Å². The Morgan fingerprint density at radius 2 is 1.78 bits per heavy atom. The summed E-state index contributed by atoms with van der Waals surface area (Å²) in [6, 6.07) is 17.0. The first-order chi connectivity index (χ1) is 21.9. The standard InChI is InChI=1S/C32H28FN9O3/c1-40-30(44)24-18-35-32(37-28(24)42(40)27-8-4-5-13-34-27)36-20-11-14-41(15-12-20)31(45)23-16-19(9-10-25(23)33)17-26-21-6-2-3-7-22(21)29(43)39-38-26/h2-10,13,16,18,20H,11-12,14-15,17H2,1H3,(H,39,43)(H,35,36,37). The molecule has 2 N–H and O–H groups in total. The predicted octanol–water partition coefficient (Wildman–Crippen LogP) is 3.20. The lowest BCUT2D eigenvalue weighted by molar-refractivity contribution is 0.0713. The number of benzene rings is 2. The minimum Gasteiger partial charge on any atom is -0.351 e. The largest absolute Gasteiger partial charge is 0.351 e. The summed E-state index contributed by atoms with van der Waals surface area (Å²) in [4.78, 5) is 53.4. The third-order valence-electron chi connectivity index (χ3n) is 8.18. The number of aromatic amines is 1. The first kappa shape index (κ1) is 28.1. The number of pyridine rings is 1. The van der Waals surface area contributed by atoms with Crippen LogP contribution in [0.4, 0.5) is 10.3 Å². The molecule has 0 bridgehead atoms. The molecule has 5 heterocycles. The number of likely N-dealkylation sites (tertiary alicyclic amines) is 1. The Morgan fingerprint density at radius 3 is 2.56 bits per heavy atom. The molecule has 0 spiro atoms. The number of rotatable bonds is 6. The van der Waals surface area contributed by atoms with Crippen LogP contribution in [0.25, 0.3) is 27.6 Å². The van der Waals surface area contributed by atoms with Crippen molar-refractivity contribution in [3.63, 3.8) is 0 Å². The minimum atomic E-state index is -0.591. The Labute approximate surface area is 255 Å². The fraction of sp³-hybridized carbons (Fsp3) is 0.219. The summed E-state index contributed by atoms with van der Waals surface area (Å²) in [6.45, 7) is 0.830. The van der Waals surface area contributed by atoms with E-state index >= 15 is 0 Å². The number of nitrogens with one attached hydrogen (secondary N) is 2. The van der Waals surface area contributed by atoms with Crippen molar-refractivity contribution in [2.24, 2.45) is 7.05 Å². The van der Waals surface area contributed by atoms with Gasteiger partial charge in [0.05, 0.1) is 16.6 Å². The maximum Gasteiger partial charge on any atom is 0.277 e. The summed E-state index contributed by atoms with van der Waals surface area (Å²) < 4.78 is 18.0. The fourth-order valence-electron chi connectivity index (χ4n) is 5.83. The summed E-state index contributed by atoms with van der Waals surface area (Å²) in [7, 11) is 1.65. The van der Waals surface area contributed by atoms with Gasteiger partial charge in [-0.15, -0.1) is 0 Å². The third kappa shape index (κ3) is 5.22. The first-order valence-electron chi connectivity index (χ1n) is 14.5. The first-order valence-corrected chi connectivity index (χ1v) is 14.5. The summed E-state index contributed by atoms with van der Waals surface area (Å²) in [6.07, 6.45) is 4.68. The number of fused-ring (bicyclic) bond motifs is 2. The number of hydrogen-bond donors (Lipinski definition) is 2. The van der Waals surface area contributed by atoms with Gasteiger partial charge in [-0.25, -0.2) is 28.8 Å². The Hall–Kier alpha value is -5.72. The van der Waals surface area contributed by atoms with Crippen LogP contribution in [0.15, 0.2) is 82.6 Å². The molecule has 1 aliphatic rings. The second-order valence-corrected chi connectivity index (χ2v) is 11.0. The van der Waals surface area contributed by atoms with Crippen molar-refractivity contribution in [3.8, 4) is 5.82 Å². The highest BCUT2D eigenvalue weighted by Crippen LogP contribution is 2.22. The number of amides is 1. The Morgan fingerprint density at radius 1 is 1.00 bits per heavy atom. The summed E-state index contributed by atoms with van der Waals surface area (Å²) >= 11 is 0. The summed E-state index contributed by atoms with van der Waals surface area (Å²) in [5.74, 6) is -0.0481. The van der Waals surface area contributed by atoms with Crippen molar-refractivity contribution in [1.82, 2.24) is 39.4 Å². The van der Waals surface area contributed by atoms with E-state index in [1.807, 2.05) is 18.2 Å². The zero-order valence-corrected chi connectivity index (χ0v) is 24.3. The average molecular weight is 606 g/mol. The highest BCUT2D eigenvalue weighted by molar-refractivity contribution is 5.95. The second kappa shape index (κ2) is 11.4. The van der Waals surface area contributed by atoms with Gasteiger partial charge in [0.25, 0.3) is 17.0 Å². The molecular formula is C32H28FN9O3. The average Bonchev–Trinajstić information content (AvgIpc) is 3.32. The highest BCUT2D eigenvalue weighted by Gasteiger charge is 2.26. The monoisotopic (exact) mass is 605 g/mol. The molecule has 1 fully saturated rings. The number of carbonyl (C=O) groups is 1. The molecule has 12 nitrogen and oxygen atoms in total. The normalized spacial score (nSPS) is 13.9. The van der Waals surface area contributed by atoms with E-state index in [2.05, 4.69) is 30.5 Å². The number of nitrogens with zero attached hydrogens (tertiary/aromatic N) is 7. The lowest BCUT2D eigenvalue weighted by atomic mass is 10.0. The predicted molar refractivity (Wildman–Crippen MR) is 166 cm³/mol. The molecule has 1 saturated heterocycles. The van der Waals surface area contributed by atoms with Crippen molar-refractivity contribution < 1.29 is 9.18 Å². The minimum absolute atomic E-state index is 0.00186. The zero-order chi connectivity index (χ0) is 31.1. The molecule has 45 heavy (non-hydrogen) atoms. The number of halogens is 1. The van der Waals surface area contributed by atoms with Gasteiger partial charge in [-0.3, -0.25) is 14.4 Å². The van der Waals surface area contributed by atoms with Crippen molar-refractivity contribution >= 4 is 33.7 Å². The molecule has 7 rings (SSSR count). The molecule has 2 aromatic carbocycles. The molecule has 0 atom stereocenters. The van der Waals surface area contributed by atoms with Crippen molar-refractivity contribution in [1.29, 1.82) is 0 Å². The number of H-pyrrole nitrogens is 1. The molecule has 226 valence electrons. The third-order valence-corrected chi connectivity index (χ3v) is 8.18. The van der Waals surface area contributed by atoms with Crippen molar-refractivity contribution in [2.75, 3.05) is 18.4 Å². The molecule has 0 unspecified atom stereocenters.